The van der Waals surface area contributed by atoms with Crippen molar-refractivity contribution in [3.63, 3.8) is 0 Å². The molecule has 0 fully saturated rings. The number of aryl methyl sites for hydroxylation is 1. The number of pyridine rings is 1. The summed E-state index contributed by atoms with van der Waals surface area (Å²) in [5, 5.41) is 6.77. The third-order valence-corrected chi connectivity index (χ3v) is 4.92. The third kappa shape index (κ3) is 2.94. The fourth-order valence-electron chi connectivity index (χ4n) is 2.69. The molecular weight excluding hydrogens is 356 g/mol. The Morgan fingerprint density at radius 1 is 1.16 bits per heavy atom. The van der Waals surface area contributed by atoms with E-state index in [4.69, 9.17) is 21.3 Å². The normalized spacial score (nSPS) is 11.0. The lowest BCUT2D eigenvalue weighted by molar-refractivity contribution is 0.415. The van der Waals surface area contributed by atoms with E-state index in [1.165, 1.54) is 0 Å². The van der Waals surface area contributed by atoms with Crippen LogP contribution in [0.2, 0.25) is 5.02 Å². The summed E-state index contributed by atoms with van der Waals surface area (Å²) in [6, 6.07) is 11.5. The standard InChI is InChI=1S/C18H15ClN4OS/c1-11-16(23-9-3-4-14(19)17(23)20-11)15-10-25-18(22-15)21-12-5-7-13(24-2)8-6-12/h3-10H,1-2H3,(H,21,22). The fraction of sp³-hybridized carbons (Fsp3) is 0.111. The number of nitrogens with one attached hydrogen (secondary N) is 1. The lowest BCUT2D eigenvalue weighted by atomic mass is 10.3. The Hall–Kier alpha value is -2.57. The minimum absolute atomic E-state index is 0.628. The van der Waals surface area contributed by atoms with Gasteiger partial charge in [-0.1, -0.05) is 11.6 Å². The summed E-state index contributed by atoms with van der Waals surface area (Å²) < 4.78 is 7.15. The first-order valence-corrected chi connectivity index (χ1v) is 8.91. The Morgan fingerprint density at radius 2 is 1.96 bits per heavy atom. The second-order valence-electron chi connectivity index (χ2n) is 5.49. The van der Waals surface area contributed by atoms with Gasteiger partial charge in [0.05, 0.1) is 23.5 Å². The van der Waals surface area contributed by atoms with Crippen LogP contribution in [0.3, 0.4) is 0 Å². The van der Waals surface area contributed by atoms with Crippen LogP contribution in [-0.4, -0.2) is 21.5 Å². The molecule has 7 heteroatoms. The van der Waals surface area contributed by atoms with Crippen molar-refractivity contribution < 1.29 is 4.74 Å². The number of nitrogens with zero attached hydrogens (tertiary/aromatic N) is 3. The molecule has 1 N–H and O–H groups in total. The minimum atomic E-state index is 0.628. The number of hydrogen-bond donors (Lipinski definition) is 1. The topological polar surface area (TPSA) is 51.5 Å². The van der Waals surface area contributed by atoms with Crippen molar-refractivity contribution >= 4 is 39.4 Å². The van der Waals surface area contributed by atoms with Gasteiger partial charge >= 0.3 is 0 Å². The van der Waals surface area contributed by atoms with Gasteiger partial charge in [-0.05, 0) is 43.3 Å². The summed E-state index contributed by atoms with van der Waals surface area (Å²) in [5.74, 6) is 0.823. The molecule has 0 radical (unpaired) electrons. The summed E-state index contributed by atoms with van der Waals surface area (Å²) in [6.07, 6.45) is 1.95. The van der Waals surface area contributed by atoms with Gasteiger partial charge in [-0.2, -0.15) is 0 Å². The van der Waals surface area contributed by atoms with E-state index in [0.717, 1.165) is 39.3 Å². The number of hydrogen-bond acceptors (Lipinski definition) is 5. The molecule has 3 heterocycles. The first-order chi connectivity index (χ1) is 12.2. The van der Waals surface area contributed by atoms with Gasteiger partial charge in [0.25, 0.3) is 0 Å². The van der Waals surface area contributed by atoms with Gasteiger partial charge in [0, 0.05) is 17.3 Å². The lowest BCUT2D eigenvalue weighted by Crippen LogP contribution is -1.92. The molecule has 0 aliphatic heterocycles. The number of thiazole rings is 1. The van der Waals surface area contributed by atoms with Crippen LogP contribution in [0.1, 0.15) is 5.69 Å². The SMILES string of the molecule is COc1ccc(Nc2nc(-c3c(C)nc4c(Cl)cccn34)cs2)cc1. The van der Waals surface area contributed by atoms with E-state index in [0.29, 0.717) is 5.02 Å². The van der Waals surface area contributed by atoms with E-state index in [9.17, 15) is 0 Å². The Bertz CT molecular complexity index is 1040. The molecule has 5 nitrogen and oxygen atoms in total. The zero-order chi connectivity index (χ0) is 17.4. The van der Waals surface area contributed by atoms with Crippen LogP contribution in [0.25, 0.3) is 17.0 Å². The number of rotatable bonds is 4. The average Bonchev–Trinajstić information content (AvgIpc) is 3.20. The quantitative estimate of drug-likeness (QED) is 0.538. The molecule has 0 aliphatic rings. The van der Waals surface area contributed by atoms with E-state index in [1.54, 1.807) is 18.4 Å². The van der Waals surface area contributed by atoms with Gasteiger partial charge in [0.15, 0.2) is 10.8 Å². The van der Waals surface area contributed by atoms with Crippen LogP contribution < -0.4 is 10.1 Å². The number of fused-ring (bicyclic) bond motifs is 1. The summed E-state index contributed by atoms with van der Waals surface area (Å²) in [4.78, 5) is 9.27. The molecule has 126 valence electrons. The maximum absolute atomic E-state index is 6.24. The van der Waals surface area contributed by atoms with E-state index < -0.39 is 0 Å². The van der Waals surface area contributed by atoms with Gasteiger partial charge in [-0.3, -0.25) is 4.40 Å². The molecule has 0 saturated carbocycles. The molecule has 4 aromatic rings. The molecule has 4 rings (SSSR count). The van der Waals surface area contributed by atoms with E-state index in [1.807, 2.05) is 59.3 Å². The molecule has 0 bridgehead atoms. The minimum Gasteiger partial charge on any atom is -0.497 e. The van der Waals surface area contributed by atoms with Crippen LogP contribution in [0.5, 0.6) is 5.75 Å². The smallest absolute Gasteiger partial charge is 0.187 e. The van der Waals surface area contributed by atoms with Crippen LogP contribution in [0.15, 0.2) is 48.0 Å². The maximum Gasteiger partial charge on any atom is 0.187 e. The van der Waals surface area contributed by atoms with Gasteiger partial charge in [-0.25, -0.2) is 9.97 Å². The maximum atomic E-state index is 6.24. The van der Waals surface area contributed by atoms with Crippen molar-refractivity contribution in [3.8, 4) is 17.1 Å². The largest absolute Gasteiger partial charge is 0.497 e. The highest BCUT2D eigenvalue weighted by Crippen LogP contribution is 2.31. The van der Waals surface area contributed by atoms with Crippen molar-refractivity contribution in [2.24, 2.45) is 0 Å². The zero-order valence-corrected chi connectivity index (χ0v) is 15.2. The number of ether oxygens (including phenoxy) is 1. The first kappa shape index (κ1) is 15.9. The van der Waals surface area contributed by atoms with Crippen molar-refractivity contribution in [2.45, 2.75) is 6.92 Å². The highest BCUT2D eigenvalue weighted by atomic mass is 35.5. The molecule has 0 spiro atoms. The van der Waals surface area contributed by atoms with Gasteiger partial charge in [0.1, 0.15) is 11.4 Å². The van der Waals surface area contributed by atoms with Crippen LogP contribution in [0.4, 0.5) is 10.8 Å². The van der Waals surface area contributed by atoms with Gasteiger partial charge in [0.2, 0.25) is 0 Å². The molecular formula is C18H15ClN4OS. The van der Waals surface area contributed by atoms with Crippen molar-refractivity contribution in [2.75, 3.05) is 12.4 Å². The van der Waals surface area contributed by atoms with Crippen molar-refractivity contribution in [1.29, 1.82) is 0 Å². The van der Waals surface area contributed by atoms with Crippen LogP contribution >= 0.6 is 22.9 Å². The first-order valence-electron chi connectivity index (χ1n) is 7.66. The molecule has 0 atom stereocenters. The number of imidazole rings is 1. The fourth-order valence-corrected chi connectivity index (χ4v) is 3.62. The molecule has 0 unspecified atom stereocenters. The Balaban J connectivity index is 1.67. The highest BCUT2D eigenvalue weighted by molar-refractivity contribution is 7.14. The molecule has 0 amide bonds. The highest BCUT2D eigenvalue weighted by Gasteiger charge is 2.15. The summed E-state index contributed by atoms with van der Waals surface area (Å²) in [7, 11) is 1.65. The monoisotopic (exact) mass is 370 g/mol. The lowest BCUT2D eigenvalue weighted by Gasteiger charge is -2.04. The molecule has 25 heavy (non-hydrogen) atoms. The number of methoxy groups -OCH3 is 1. The second-order valence-corrected chi connectivity index (χ2v) is 6.75. The number of anilines is 2. The van der Waals surface area contributed by atoms with E-state index >= 15 is 0 Å². The predicted molar refractivity (Wildman–Crippen MR) is 102 cm³/mol. The summed E-state index contributed by atoms with van der Waals surface area (Å²) >= 11 is 7.79. The number of aromatic nitrogens is 3. The average molecular weight is 371 g/mol. The van der Waals surface area contributed by atoms with Crippen molar-refractivity contribution in [3.05, 3.63) is 58.7 Å². The number of benzene rings is 1. The third-order valence-electron chi connectivity index (χ3n) is 3.86. The van der Waals surface area contributed by atoms with Crippen LogP contribution in [-0.2, 0) is 0 Å². The van der Waals surface area contributed by atoms with E-state index in [-0.39, 0.29) is 0 Å². The molecule has 0 saturated heterocycles. The molecule has 3 aromatic heterocycles. The Morgan fingerprint density at radius 3 is 2.72 bits per heavy atom. The van der Waals surface area contributed by atoms with Crippen molar-refractivity contribution in [1.82, 2.24) is 14.4 Å². The molecule has 1 aromatic carbocycles. The van der Waals surface area contributed by atoms with Gasteiger partial charge in [-0.15, -0.1) is 11.3 Å². The van der Waals surface area contributed by atoms with Crippen LogP contribution in [0, 0.1) is 6.92 Å². The Kier molecular flexibility index (Phi) is 4.07. The van der Waals surface area contributed by atoms with Gasteiger partial charge < -0.3 is 10.1 Å². The summed E-state index contributed by atoms with van der Waals surface area (Å²) in [5.41, 5.74) is 4.42. The number of halogens is 1. The molecule has 0 aliphatic carbocycles. The predicted octanol–water partition coefficient (Wildman–Crippen LogP) is 5.17. The second kappa shape index (κ2) is 6.38. The van der Waals surface area contributed by atoms with E-state index in [2.05, 4.69) is 10.3 Å². The Labute approximate surface area is 153 Å². The summed E-state index contributed by atoms with van der Waals surface area (Å²) in [6.45, 7) is 1.97. The zero-order valence-electron chi connectivity index (χ0n) is 13.7.